The number of amides is 1. The molecule has 0 aliphatic carbocycles. The molecule has 1 amide bonds. The van der Waals surface area contributed by atoms with Crippen molar-refractivity contribution in [2.75, 3.05) is 13.6 Å². The van der Waals surface area contributed by atoms with Crippen molar-refractivity contribution in [3.8, 4) is 0 Å². The molecular weight excluding hydrogens is 295 g/mol. The van der Waals surface area contributed by atoms with Gasteiger partial charge in [0.15, 0.2) is 0 Å². The van der Waals surface area contributed by atoms with Crippen LogP contribution in [0, 0.1) is 0 Å². The molecule has 2 N–H and O–H groups in total. The minimum absolute atomic E-state index is 0. The number of rotatable bonds is 5. The number of carbonyl (C=O) groups is 1. The van der Waals surface area contributed by atoms with E-state index in [-0.39, 0.29) is 24.4 Å². The Bertz CT molecular complexity index is 399. The second-order valence-corrected chi connectivity index (χ2v) is 4.57. The number of benzene rings is 1. The quantitative estimate of drug-likeness (QED) is 0.877. The van der Waals surface area contributed by atoms with E-state index < -0.39 is 0 Å². The maximum Gasteiger partial charge on any atom is 0.221 e. The molecule has 0 aliphatic rings. The van der Waals surface area contributed by atoms with E-state index in [1.54, 1.807) is 6.07 Å². The van der Waals surface area contributed by atoms with Gasteiger partial charge in [-0.1, -0.05) is 35.3 Å². The van der Waals surface area contributed by atoms with Crippen molar-refractivity contribution in [2.24, 2.45) is 0 Å². The Morgan fingerprint density at radius 2 is 2.06 bits per heavy atom. The van der Waals surface area contributed by atoms with Gasteiger partial charge in [-0.25, -0.2) is 0 Å². The average molecular weight is 312 g/mol. The average Bonchev–Trinajstić information content (AvgIpc) is 2.29. The predicted molar refractivity (Wildman–Crippen MR) is 78.8 cm³/mol. The largest absolute Gasteiger partial charge is 0.349 e. The van der Waals surface area contributed by atoms with Crippen LogP contribution in [0.25, 0.3) is 0 Å². The molecule has 18 heavy (non-hydrogen) atoms. The second-order valence-electron chi connectivity index (χ2n) is 3.79. The van der Waals surface area contributed by atoms with Gasteiger partial charge in [-0.15, -0.1) is 12.4 Å². The molecule has 1 atom stereocenters. The maximum absolute atomic E-state index is 11.6. The van der Waals surface area contributed by atoms with Gasteiger partial charge in [-0.2, -0.15) is 0 Å². The molecule has 0 fully saturated rings. The zero-order valence-electron chi connectivity index (χ0n) is 10.3. The molecule has 3 nitrogen and oxygen atoms in total. The molecule has 0 spiro atoms. The van der Waals surface area contributed by atoms with Gasteiger partial charge in [0.1, 0.15) is 0 Å². The topological polar surface area (TPSA) is 41.1 Å². The van der Waals surface area contributed by atoms with Crippen LogP contribution in [0.1, 0.15) is 24.9 Å². The van der Waals surface area contributed by atoms with Crippen molar-refractivity contribution in [3.63, 3.8) is 0 Å². The lowest BCUT2D eigenvalue weighted by molar-refractivity contribution is -0.121. The molecule has 0 radical (unpaired) electrons. The van der Waals surface area contributed by atoms with Crippen LogP contribution in [0.5, 0.6) is 0 Å². The van der Waals surface area contributed by atoms with Crippen molar-refractivity contribution < 1.29 is 4.79 Å². The third-order valence-corrected chi connectivity index (χ3v) is 3.26. The van der Waals surface area contributed by atoms with Gasteiger partial charge in [0.05, 0.1) is 16.1 Å². The van der Waals surface area contributed by atoms with E-state index in [4.69, 9.17) is 23.2 Å². The van der Waals surface area contributed by atoms with Crippen molar-refractivity contribution >= 4 is 41.5 Å². The van der Waals surface area contributed by atoms with Gasteiger partial charge in [0.2, 0.25) is 5.91 Å². The summed E-state index contributed by atoms with van der Waals surface area (Å²) in [6.07, 6.45) is 0.443. The van der Waals surface area contributed by atoms with Crippen LogP contribution in [0.4, 0.5) is 0 Å². The Balaban J connectivity index is 0.00000289. The Morgan fingerprint density at radius 1 is 1.39 bits per heavy atom. The summed E-state index contributed by atoms with van der Waals surface area (Å²) in [6.45, 7) is 2.54. The van der Waals surface area contributed by atoms with E-state index in [9.17, 15) is 4.79 Å². The molecule has 0 saturated carbocycles. The van der Waals surface area contributed by atoms with E-state index in [1.165, 1.54) is 0 Å². The molecule has 102 valence electrons. The second kappa shape index (κ2) is 8.59. The minimum Gasteiger partial charge on any atom is -0.349 e. The highest BCUT2D eigenvalue weighted by atomic mass is 35.5. The van der Waals surface area contributed by atoms with E-state index in [0.717, 1.165) is 5.56 Å². The van der Waals surface area contributed by atoms with Gasteiger partial charge < -0.3 is 10.6 Å². The Hall–Kier alpha value is -0.480. The third-order valence-electron chi connectivity index (χ3n) is 2.43. The van der Waals surface area contributed by atoms with E-state index in [2.05, 4.69) is 10.6 Å². The number of halogens is 3. The van der Waals surface area contributed by atoms with Gasteiger partial charge in [0.25, 0.3) is 0 Å². The molecule has 1 aromatic carbocycles. The molecular formula is C12H17Cl3N2O. The first kappa shape index (κ1) is 17.5. The molecule has 1 rings (SSSR count). The number of hydrogen-bond donors (Lipinski definition) is 2. The molecule has 0 bridgehead atoms. The summed E-state index contributed by atoms with van der Waals surface area (Å²) >= 11 is 12.0. The van der Waals surface area contributed by atoms with Crippen LogP contribution in [0.3, 0.4) is 0 Å². The number of carbonyl (C=O) groups excluding carboxylic acids is 1. The fraction of sp³-hybridized carbons (Fsp3) is 0.417. The third kappa shape index (κ3) is 5.02. The summed E-state index contributed by atoms with van der Waals surface area (Å²) in [6, 6.07) is 5.26. The normalized spacial score (nSPS) is 11.6. The van der Waals surface area contributed by atoms with Gasteiger partial charge in [-0.05, 0) is 25.6 Å². The molecule has 6 heteroatoms. The summed E-state index contributed by atoms with van der Waals surface area (Å²) in [4.78, 5) is 11.6. The smallest absolute Gasteiger partial charge is 0.221 e. The monoisotopic (exact) mass is 310 g/mol. The fourth-order valence-corrected chi connectivity index (χ4v) is 1.96. The summed E-state index contributed by atoms with van der Waals surface area (Å²) in [5, 5.41) is 6.80. The van der Waals surface area contributed by atoms with Crippen molar-refractivity contribution in [2.45, 2.75) is 19.4 Å². The summed E-state index contributed by atoms with van der Waals surface area (Å²) in [7, 11) is 1.81. The van der Waals surface area contributed by atoms with Crippen molar-refractivity contribution in [1.29, 1.82) is 0 Å². The van der Waals surface area contributed by atoms with E-state index in [0.29, 0.717) is 23.0 Å². The minimum atomic E-state index is -0.148. The van der Waals surface area contributed by atoms with Crippen LogP contribution in [-0.4, -0.2) is 19.5 Å². The first-order valence-electron chi connectivity index (χ1n) is 5.44. The van der Waals surface area contributed by atoms with Gasteiger partial charge >= 0.3 is 0 Å². The van der Waals surface area contributed by atoms with E-state index >= 15 is 0 Å². The maximum atomic E-state index is 11.6. The Labute approximate surface area is 124 Å². The highest BCUT2D eigenvalue weighted by molar-refractivity contribution is 6.42. The summed E-state index contributed by atoms with van der Waals surface area (Å²) in [5.41, 5.74) is 0.831. The van der Waals surface area contributed by atoms with E-state index in [1.807, 2.05) is 26.1 Å². The number of nitrogens with one attached hydrogen (secondary N) is 2. The van der Waals surface area contributed by atoms with Gasteiger partial charge in [0, 0.05) is 13.0 Å². The summed E-state index contributed by atoms with van der Waals surface area (Å²) < 4.78 is 0. The van der Waals surface area contributed by atoms with Crippen LogP contribution in [0.15, 0.2) is 18.2 Å². The first-order valence-corrected chi connectivity index (χ1v) is 6.19. The van der Waals surface area contributed by atoms with Crippen molar-refractivity contribution in [3.05, 3.63) is 33.8 Å². The lowest BCUT2D eigenvalue weighted by Gasteiger charge is -2.16. The van der Waals surface area contributed by atoms with Gasteiger partial charge in [-0.3, -0.25) is 4.79 Å². The zero-order chi connectivity index (χ0) is 12.8. The Morgan fingerprint density at radius 3 is 2.67 bits per heavy atom. The van der Waals surface area contributed by atoms with Crippen LogP contribution in [0.2, 0.25) is 10.0 Å². The first-order chi connectivity index (χ1) is 8.06. The molecule has 0 aliphatic heterocycles. The zero-order valence-corrected chi connectivity index (χ0v) is 12.6. The molecule has 0 heterocycles. The lowest BCUT2D eigenvalue weighted by atomic mass is 10.1. The van der Waals surface area contributed by atoms with Crippen molar-refractivity contribution in [1.82, 2.24) is 10.6 Å². The lowest BCUT2D eigenvalue weighted by Crippen LogP contribution is -2.29. The molecule has 0 saturated heterocycles. The highest BCUT2D eigenvalue weighted by Crippen LogP contribution is 2.29. The SMILES string of the molecule is CNCCC(=O)NC(C)c1cccc(Cl)c1Cl.Cl. The fourth-order valence-electron chi connectivity index (χ4n) is 1.48. The molecule has 1 unspecified atom stereocenters. The number of hydrogen-bond acceptors (Lipinski definition) is 2. The molecule has 0 aromatic heterocycles. The van der Waals surface area contributed by atoms with Crippen LogP contribution >= 0.6 is 35.6 Å². The standard InChI is InChI=1S/C12H16Cl2N2O.ClH/c1-8(16-11(17)6-7-15-2)9-4-3-5-10(13)12(9)14;/h3-5,8,15H,6-7H2,1-2H3,(H,16,17);1H. The van der Waals surface area contributed by atoms with Crippen LogP contribution in [-0.2, 0) is 4.79 Å². The predicted octanol–water partition coefficient (Wildman–Crippen LogP) is 3.20. The molecule has 1 aromatic rings. The van der Waals surface area contributed by atoms with Crippen LogP contribution < -0.4 is 10.6 Å². The Kier molecular flexibility index (Phi) is 8.36. The summed E-state index contributed by atoms with van der Waals surface area (Å²) in [5.74, 6) is -0.0112. The highest BCUT2D eigenvalue weighted by Gasteiger charge is 2.13.